The summed E-state index contributed by atoms with van der Waals surface area (Å²) in [4.78, 5) is 0. The SMILES string of the molecule is COCc1cccc(C(O)Cc2ccc(C)cc2)c1. The maximum absolute atomic E-state index is 10.3. The Morgan fingerprint density at radius 1 is 1.05 bits per heavy atom. The van der Waals surface area contributed by atoms with Crippen molar-refractivity contribution in [3.63, 3.8) is 0 Å². The number of methoxy groups -OCH3 is 1. The van der Waals surface area contributed by atoms with Crippen LogP contribution in [-0.2, 0) is 17.8 Å². The van der Waals surface area contributed by atoms with Crippen LogP contribution in [0.15, 0.2) is 48.5 Å². The highest BCUT2D eigenvalue weighted by atomic mass is 16.5. The number of benzene rings is 2. The molecule has 19 heavy (non-hydrogen) atoms. The fraction of sp³-hybridized carbons (Fsp3) is 0.294. The molecule has 1 atom stereocenters. The Kier molecular flexibility index (Phi) is 4.72. The van der Waals surface area contributed by atoms with Gasteiger partial charge >= 0.3 is 0 Å². The van der Waals surface area contributed by atoms with Crippen LogP contribution in [0.3, 0.4) is 0 Å². The van der Waals surface area contributed by atoms with E-state index in [0.29, 0.717) is 13.0 Å². The summed E-state index contributed by atoms with van der Waals surface area (Å²) in [5, 5.41) is 10.3. The summed E-state index contributed by atoms with van der Waals surface area (Å²) in [5.41, 5.74) is 4.41. The molecule has 2 heteroatoms. The van der Waals surface area contributed by atoms with Crippen LogP contribution >= 0.6 is 0 Å². The highest BCUT2D eigenvalue weighted by molar-refractivity contribution is 5.28. The zero-order chi connectivity index (χ0) is 13.7. The highest BCUT2D eigenvalue weighted by Crippen LogP contribution is 2.20. The van der Waals surface area contributed by atoms with E-state index < -0.39 is 6.10 Å². The first kappa shape index (κ1) is 13.8. The minimum atomic E-state index is -0.473. The van der Waals surface area contributed by atoms with Crippen molar-refractivity contribution in [1.29, 1.82) is 0 Å². The van der Waals surface area contributed by atoms with Crippen molar-refractivity contribution in [3.05, 3.63) is 70.8 Å². The Labute approximate surface area is 114 Å². The number of aryl methyl sites for hydroxylation is 1. The van der Waals surface area contributed by atoms with Crippen molar-refractivity contribution in [2.24, 2.45) is 0 Å². The van der Waals surface area contributed by atoms with Gasteiger partial charge in [-0.1, -0.05) is 54.1 Å². The Morgan fingerprint density at radius 3 is 2.47 bits per heavy atom. The lowest BCUT2D eigenvalue weighted by Crippen LogP contribution is -2.02. The van der Waals surface area contributed by atoms with Gasteiger partial charge in [-0.2, -0.15) is 0 Å². The summed E-state index contributed by atoms with van der Waals surface area (Å²) in [6, 6.07) is 16.2. The van der Waals surface area contributed by atoms with E-state index in [1.165, 1.54) is 5.56 Å². The minimum absolute atomic E-state index is 0.473. The van der Waals surface area contributed by atoms with E-state index in [0.717, 1.165) is 16.7 Å². The summed E-state index contributed by atoms with van der Waals surface area (Å²) >= 11 is 0. The first-order chi connectivity index (χ1) is 9.19. The molecular formula is C17H20O2. The third kappa shape index (κ3) is 3.91. The van der Waals surface area contributed by atoms with E-state index in [4.69, 9.17) is 4.74 Å². The number of rotatable bonds is 5. The number of ether oxygens (including phenoxy) is 1. The lowest BCUT2D eigenvalue weighted by Gasteiger charge is -2.12. The molecule has 2 rings (SSSR count). The van der Waals surface area contributed by atoms with Crippen molar-refractivity contribution in [1.82, 2.24) is 0 Å². The van der Waals surface area contributed by atoms with Gasteiger partial charge in [0.15, 0.2) is 0 Å². The fourth-order valence-corrected chi connectivity index (χ4v) is 2.12. The monoisotopic (exact) mass is 256 g/mol. The molecule has 2 aromatic carbocycles. The molecule has 0 heterocycles. The average molecular weight is 256 g/mol. The smallest absolute Gasteiger partial charge is 0.0830 e. The van der Waals surface area contributed by atoms with Gasteiger partial charge in [0.2, 0.25) is 0 Å². The van der Waals surface area contributed by atoms with Crippen LogP contribution in [0.1, 0.15) is 28.4 Å². The van der Waals surface area contributed by atoms with E-state index in [1.807, 2.05) is 24.3 Å². The molecule has 0 radical (unpaired) electrons. The largest absolute Gasteiger partial charge is 0.388 e. The van der Waals surface area contributed by atoms with Gasteiger partial charge in [0, 0.05) is 13.5 Å². The first-order valence-corrected chi connectivity index (χ1v) is 6.50. The third-order valence-corrected chi connectivity index (χ3v) is 3.20. The molecule has 2 nitrogen and oxygen atoms in total. The molecule has 1 unspecified atom stereocenters. The molecule has 2 aromatic rings. The first-order valence-electron chi connectivity index (χ1n) is 6.50. The zero-order valence-electron chi connectivity index (χ0n) is 11.5. The average Bonchev–Trinajstić information content (AvgIpc) is 2.42. The summed E-state index contributed by atoms with van der Waals surface area (Å²) in [6.07, 6.45) is 0.163. The number of hydrogen-bond acceptors (Lipinski definition) is 2. The molecule has 0 spiro atoms. The van der Waals surface area contributed by atoms with Crippen molar-refractivity contribution >= 4 is 0 Å². The van der Waals surface area contributed by atoms with Gasteiger partial charge in [-0.15, -0.1) is 0 Å². The molecule has 0 saturated carbocycles. The van der Waals surface area contributed by atoms with Gasteiger partial charge in [0.1, 0.15) is 0 Å². The van der Waals surface area contributed by atoms with Crippen molar-refractivity contribution in [2.45, 2.75) is 26.1 Å². The van der Waals surface area contributed by atoms with Gasteiger partial charge < -0.3 is 9.84 Å². The second kappa shape index (κ2) is 6.50. The van der Waals surface area contributed by atoms with Gasteiger partial charge in [-0.3, -0.25) is 0 Å². The van der Waals surface area contributed by atoms with Crippen LogP contribution < -0.4 is 0 Å². The van der Waals surface area contributed by atoms with Crippen molar-refractivity contribution in [2.75, 3.05) is 7.11 Å². The summed E-state index contributed by atoms with van der Waals surface area (Å²) < 4.78 is 5.11. The maximum Gasteiger partial charge on any atom is 0.0830 e. The van der Waals surface area contributed by atoms with Gasteiger partial charge in [0.05, 0.1) is 12.7 Å². The molecule has 0 amide bonds. The van der Waals surface area contributed by atoms with E-state index in [9.17, 15) is 5.11 Å². The lowest BCUT2D eigenvalue weighted by molar-refractivity contribution is 0.175. The van der Waals surface area contributed by atoms with Gasteiger partial charge in [0.25, 0.3) is 0 Å². The molecular weight excluding hydrogens is 236 g/mol. The molecule has 0 fully saturated rings. The topological polar surface area (TPSA) is 29.5 Å². The van der Waals surface area contributed by atoms with Crippen LogP contribution in [0.2, 0.25) is 0 Å². The van der Waals surface area contributed by atoms with E-state index in [1.54, 1.807) is 7.11 Å². The molecule has 0 aliphatic carbocycles. The van der Waals surface area contributed by atoms with E-state index in [2.05, 4.69) is 31.2 Å². The predicted octanol–water partition coefficient (Wildman–Crippen LogP) is 3.42. The second-order valence-electron chi connectivity index (χ2n) is 4.88. The highest BCUT2D eigenvalue weighted by Gasteiger charge is 2.09. The second-order valence-corrected chi connectivity index (χ2v) is 4.88. The maximum atomic E-state index is 10.3. The number of aliphatic hydroxyl groups is 1. The molecule has 0 aromatic heterocycles. The number of aliphatic hydroxyl groups excluding tert-OH is 1. The minimum Gasteiger partial charge on any atom is -0.388 e. The quantitative estimate of drug-likeness (QED) is 0.888. The Hall–Kier alpha value is -1.64. The van der Waals surface area contributed by atoms with Crippen LogP contribution in [0.25, 0.3) is 0 Å². The van der Waals surface area contributed by atoms with Crippen LogP contribution in [0, 0.1) is 6.92 Å². The van der Waals surface area contributed by atoms with Crippen LogP contribution in [0.5, 0.6) is 0 Å². The zero-order valence-corrected chi connectivity index (χ0v) is 11.5. The van der Waals surface area contributed by atoms with Crippen molar-refractivity contribution in [3.8, 4) is 0 Å². The molecule has 0 saturated heterocycles. The van der Waals surface area contributed by atoms with Gasteiger partial charge in [-0.05, 0) is 23.6 Å². The fourth-order valence-electron chi connectivity index (χ4n) is 2.12. The molecule has 100 valence electrons. The molecule has 1 N–H and O–H groups in total. The predicted molar refractivity (Wildman–Crippen MR) is 77.0 cm³/mol. The van der Waals surface area contributed by atoms with Crippen molar-refractivity contribution < 1.29 is 9.84 Å². The third-order valence-electron chi connectivity index (χ3n) is 3.20. The van der Waals surface area contributed by atoms with Crippen LogP contribution in [0.4, 0.5) is 0 Å². The molecule has 0 aliphatic heterocycles. The molecule has 0 aliphatic rings. The summed E-state index contributed by atoms with van der Waals surface area (Å²) in [5.74, 6) is 0. The Morgan fingerprint density at radius 2 is 1.79 bits per heavy atom. The number of hydrogen-bond donors (Lipinski definition) is 1. The lowest BCUT2D eigenvalue weighted by atomic mass is 9.99. The summed E-state index contributed by atoms with van der Waals surface area (Å²) in [7, 11) is 1.68. The summed E-state index contributed by atoms with van der Waals surface area (Å²) in [6.45, 7) is 2.64. The Bertz CT molecular complexity index is 517. The standard InChI is InChI=1S/C17H20O2/c1-13-6-8-14(9-7-13)11-17(18)16-5-3-4-15(10-16)12-19-2/h3-10,17-18H,11-12H2,1-2H3. The van der Waals surface area contributed by atoms with Gasteiger partial charge in [-0.25, -0.2) is 0 Å². The Balaban J connectivity index is 2.08. The molecule has 0 bridgehead atoms. The van der Waals surface area contributed by atoms with E-state index in [-0.39, 0.29) is 0 Å². The normalized spacial score (nSPS) is 12.4. The van der Waals surface area contributed by atoms with Crippen LogP contribution in [-0.4, -0.2) is 12.2 Å². The van der Waals surface area contributed by atoms with E-state index >= 15 is 0 Å².